The summed E-state index contributed by atoms with van der Waals surface area (Å²) in [5.41, 5.74) is 9.84. The molecule has 0 aliphatic carbocycles. The monoisotopic (exact) mass is 344 g/mol. The molecule has 4 rings (SSSR count). The van der Waals surface area contributed by atoms with E-state index < -0.39 is 5.91 Å². The van der Waals surface area contributed by atoms with Gasteiger partial charge in [0.1, 0.15) is 5.69 Å². The average Bonchev–Trinajstić information content (AvgIpc) is 3.07. The van der Waals surface area contributed by atoms with Crippen molar-refractivity contribution in [3.05, 3.63) is 78.1 Å². The van der Waals surface area contributed by atoms with Crippen molar-refractivity contribution < 1.29 is 9.90 Å². The molecule has 2 aromatic heterocycles. The van der Waals surface area contributed by atoms with E-state index in [-0.39, 0.29) is 12.3 Å². The van der Waals surface area contributed by atoms with Crippen LogP contribution in [0.4, 0.5) is 0 Å². The zero-order valence-corrected chi connectivity index (χ0v) is 13.8. The molecule has 6 heteroatoms. The minimum atomic E-state index is -0.592. The van der Waals surface area contributed by atoms with Gasteiger partial charge < -0.3 is 10.8 Å². The van der Waals surface area contributed by atoms with Crippen molar-refractivity contribution in [2.45, 2.75) is 6.61 Å². The minimum Gasteiger partial charge on any atom is -0.392 e. The van der Waals surface area contributed by atoms with Crippen LogP contribution in [0.2, 0.25) is 0 Å². The number of fused-ring (bicyclic) bond motifs is 1. The van der Waals surface area contributed by atoms with Crippen LogP contribution in [0.25, 0.3) is 28.3 Å². The molecule has 26 heavy (non-hydrogen) atoms. The zero-order chi connectivity index (χ0) is 18.1. The highest BCUT2D eigenvalue weighted by atomic mass is 16.3. The van der Waals surface area contributed by atoms with E-state index in [2.05, 4.69) is 9.97 Å². The molecular formula is C20H16N4O2. The van der Waals surface area contributed by atoms with Crippen LogP contribution >= 0.6 is 0 Å². The minimum absolute atomic E-state index is 0.0134. The van der Waals surface area contributed by atoms with Crippen LogP contribution in [0.1, 0.15) is 16.1 Å². The fourth-order valence-electron chi connectivity index (χ4n) is 2.91. The Morgan fingerprint density at radius 3 is 2.35 bits per heavy atom. The molecule has 0 bridgehead atoms. The highest BCUT2D eigenvalue weighted by Gasteiger charge is 2.17. The molecule has 0 unspecified atom stereocenters. The quantitative estimate of drug-likeness (QED) is 0.595. The van der Waals surface area contributed by atoms with Crippen LogP contribution in [0.5, 0.6) is 0 Å². The van der Waals surface area contributed by atoms with Gasteiger partial charge in [0.2, 0.25) is 5.78 Å². The first-order valence-corrected chi connectivity index (χ1v) is 8.12. The summed E-state index contributed by atoms with van der Waals surface area (Å²) in [6.45, 7) is -0.0134. The van der Waals surface area contributed by atoms with Crippen molar-refractivity contribution >= 4 is 11.7 Å². The van der Waals surface area contributed by atoms with E-state index >= 15 is 0 Å². The Bertz CT molecular complexity index is 1090. The summed E-state index contributed by atoms with van der Waals surface area (Å²) < 4.78 is 1.84. The number of imidazole rings is 1. The number of aliphatic hydroxyl groups excluding tert-OH is 1. The number of amides is 1. The third kappa shape index (κ3) is 2.72. The molecule has 0 aliphatic heterocycles. The number of primary amides is 1. The molecule has 2 heterocycles. The third-order valence-electron chi connectivity index (χ3n) is 4.20. The van der Waals surface area contributed by atoms with Crippen LogP contribution in [0, 0.1) is 0 Å². The van der Waals surface area contributed by atoms with Gasteiger partial charge >= 0.3 is 0 Å². The highest BCUT2D eigenvalue weighted by molar-refractivity contribution is 5.91. The lowest BCUT2D eigenvalue weighted by Gasteiger charge is -2.06. The summed E-state index contributed by atoms with van der Waals surface area (Å²) in [6, 6.07) is 19.0. The molecule has 128 valence electrons. The maximum atomic E-state index is 11.4. The van der Waals surface area contributed by atoms with E-state index in [1.165, 1.54) is 0 Å². The van der Waals surface area contributed by atoms with E-state index in [0.717, 1.165) is 28.1 Å². The number of rotatable bonds is 4. The van der Waals surface area contributed by atoms with Gasteiger partial charge in [-0.2, -0.15) is 0 Å². The van der Waals surface area contributed by atoms with Crippen molar-refractivity contribution in [2.75, 3.05) is 0 Å². The lowest BCUT2D eigenvalue weighted by Crippen LogP contribution is -2.13. The van der Waals surface area contributed by atoms with Crippen LogP contribution in [-0.4, -0.2) is 25.4 Å². The van der Waals surface area contributed by atoms with Gasteiger partial charge in [-0.3, -0.25) is 9.20 Å². The molecule has 6 nitrogen and oxygen atoms in total. The predicted octanol–water partition coefficient (Wildman–Crippen LogP) is 2.65. The van der Waals surface area contributed by atoms with Crippen LogP contribution in [0.3, 0.4) is 0 Å². The maximum Gasteiger partial charge on any atom is 0.267 e. The van der Waals surface area contributed by atoms with Gasteiger partial charge in [-0.15, -0.1) is 0 Å². The van der Waals surface area contributed by atoms with Crippen molar-refractivity contribution in [1.29, 1.82) is 0 Å². The Labute approximate surface area is 149 Å². The predicted molar refractivity (Wildman–Crippen MR) is 98.3 cm³/mol. The first kappa shape index (κ1) is 16.0. The number of hydrogen-bond donors (Lipinski definition) is 2. The second kappa shape index (κ2) is 6.42. The number of aliphatic hydroxyl groups is 1. The topological polar surface area (TPSA) is 93.5 Å². The Morgan fingerprint density at radius 1 is 0.962 bits per heavy atom. The second-order valence-electron chi connectivity index (χ2n) is 5.88. The van der Waals surface area contributed by atoms with E-state index in [9.17, 15) is 9.90 Å². The molecule has 0 radical (unpaired) electrons. The smallest absolute Gasteiger partial charge is 0.267 e. The number of carbonyl (C=O) groups excluding carboxylic acids is 1. The summed E-state index contributed by atoms with van der Waals surface area (Å²) in [5, 5.41) is 9.26. The number of carbonyl (C=O) groups is 1. The molecule has 0 aliphatic rings. The molecule has 0 saturated carbocycles. The number of nitrogens with two attached hydrogens (primary N) is 1. The summed E-state index contributed by atoms with van der Waals surface area (Å²) in [4.78, 5) is 20.4. The molecule has 2 aromatic carbocycles. The second-order valence-corrected chi connectivity index (χ2v) is 5.88. The van der Waals surface area contributed by atoms with Gasteiger partial charge in [-0.1, -0.05) is 54.6 Å². The number of nitrogens with zero attached hydrogens (tertiary/aromatic N) is 3. The van der Waals surface area contributed by atoms with E-state index in [1.807, 2.05) is 59.0 Å². The summed E-state index contributed by atoms with van der Waals surface area (Å²) in [5.74, 6) is -0.188. The molecule has 0 saturated heterocycles. The zero-order valence-electron chi connectivity index (χ0n) is 13.8. The van der Waals surface area contributed by atoms with Crippen molar-refractivity contribution in [1.82, 2.24) is 14.4 Å². The van der Waals surface area contributed by atoms with Crippen LogP contribution in [0.15, 0.2) is 66.9 Å². The molecule has 0 spiro atoms. The Balaban J connectivity index is 1.99. The molecule has 3 N–H and O–H groups in total. The fraction of sp³-hybridized carbons (Fsp3) is 0.0500. The molecular weight excluding hydrogens is 328 g/mol. The van der Waals surface area contributed by atoms with Gasteiger partial charge in [0, 0.05) is 17.3 Å². The van der Waals surface area contributed by atoms with Gasteiger partial charge in [0.05, 0.1) is 18.0 Å². The molecule has 1 amide bonds. The first-order chi connectivity index (χ1) is 12.7. The Hall–Kier alpha value is -3.51. The van der Waals surface area contributed by atoms with E-state index in [4.69, 9.17) is 5.73 Å². The van der Waals surface area contributed by atoms with Crippen molar-refractivity contribution in [3.8, 4) is 22.5 Å². The SMILES string of the molecule is NC(=O)c1ccn2c(-c3ccccc3)c(-c3ccc(CO)cc3)nc2n1. The van der Waals surface area contributed by atoms with Gasteiger partial charge in [0.15, 0.2) is 0 Å². The van der Waals surface area contributed by atoms with Gasteiger partial charge in [-0.05, 0) is 11.6 Å². The Kier molecular flexibility index (Phi) is 3.95. The molecule has 4 aromatic rings. The van der Waals surface area contributed by atoms with Crippen LogP contribution in [-0.2, 0) is 6.61 Å². The largest absolute Gasteiger partial charge is 0.392 e. The van der Waals surface area contributed by atoms with Crippen molar-refractivity contribution in [2.24, 2.45) is 5.73 Å². The highest BCUT2D eigenvalue weighted by Crippen LogP contribution is 2.32. The van der Waals surface area contributed by atoms with Crippen molar-refractivity contribution in [3.63, 3.8) is 0 Å². The maximum absolute atomic E-state index is 11.4. The summed E-state index contributed by atoms with van der Waals surface area (Å²) >= 11 is 0. The summed E-state index contributed by atoms with van der Waals surface area (Å²) in [6.07, 6.45) is 1.75. The van der Waals surface area contributed by atoms with Gasteiger partial charge in [-0.25, -0.2) is 9.97 Å². The normalized spacial score (nSPS) is 11.0. The number of aromatic nitrogens is 3. The third-order valence-corrected chi connectivity index (χ3v) is 4.20. The number of hydrogen-bond acceptors (Lipinski definition) is 4. The van der Waals surface area contributed by atoms with Gasteiger partial charge in [0.25, 0.3) is 5.91 Å². The lowest BCUT2D eigenvalue weighted by atomic mass is 10.0. The van der Waals surface area contributed by atoms with E-state index in [1.54, 1.807) is 12.3 Å². The van der Waals surface area contributed by atoms with Crippen LogP contribution < -0.4 is 5.73 Å². The Morgan fingerprint density at radius 2 is 1.69 bits per heavy atom. The lowest BCUT2D eigenvalue weighted by molar-refractivity contribution is 0.0995. The number of benzene rings is 2. The standard InChI is InChI=1S/C20H16N4O2/c21-19(26)16-10-11-24-18(15-4-2-1-3-5-15)17(23-20(24)22-16)14-8-6-13(12-25)7-9-14/h1-11,25H,12H2,(H2,21,26). The average molecular weight is 344 g/mol. The molecule has 0 fully saturated rings. The molecule has 0 atom stereocenters. The summed E-state index contributed by atoms with van der Waals surface area (Å²) in [7, 11) is 0. The van der Waals surface area contributed by atoms with E-state index in [0.29, 0.717) is 5.78 Å². The first-order valence-electron chi connectivity index (χ1n) is 8.12. The fourth-order valence-corrected chi connectivity index (χ4v) is 2.91.